The van der Waals surface area contributed by atoms with Crippen LogP contribution in [0.25, 0.3) is 0 Å². The van der Waals surface area contributed by atoms with Crippen molar-refractivity contribution in [2.45, 2.75) is 48.7 Å². The highest BCUT2D eigenvalue weighted by molar-refractivity contribution is 7.89. The molecule has 2 atom stereocenters. The molecule has 0 amide bonds. The van der Waals surface area contributed by atoms with E-state index in [1.165, 1.54) is 24.3 Å². The molecule has 2 aliphatic heterocycles. The first-order valence-electron chi connectivity index (χ1n) is 6.53. The molecule has 104 valence electrons. The second-order valence-corrected chi connectivity index (χ2v) is 7.25. The number of fused-ring (bicyclic) bond motifs is 2. The fourth-order valence-electron chi connectivity index (χ4n) is 3.30. The van der Waals surface area contributed by atoms with Crippen LogP contribution in [0.15, 0.2) is 29.2 Å². The third-order valence-electron chi connectivity index (χ3n) is 4.09. The summed E-state index contributed by atoms with van der Waals surface area (Å²) < 4.78 is 39.8. The van der Waals surface area contributed by atoms with Gasteiger partial charge >= 0.3 is 0 Å². The van der Waals surface area contributed by atoms with E-state index in [2.05, 4.69) is 0 Å². The minimum atomic E-state index is -3.53. The van der Waals surface area contributed by atoms with Crippen LogP contribution < -0.4 is 5.73 Å². The lowest BCUT2D eigenvalue weighted by Crippen LogP contribution is -2.49. The minimum Gasteiger partial charge on any atom is -0.328 e. The second-order valence-electron chi connectivity index (χ2n) is 5.41. The van der Waals surface area contributed by atoms with Crippen molar-refractivity contribution in [2.24, 2.45) is 5.73 Å². The molecule has 2 unspecified atom stereocenters. The van der Waals surface area contributed by atoms with Crippen molar-refractivity contribution in [1.82, 2.24) is 4.31 Å². The lowest BCUT2D eigenvalue weighted by molar-refractivity contribution is 0.227. The van der Waals surface area contributed by atoms with E-state index >= 15 is 0 Å². The lowest BCUT2D eigenvalue weighted by Gasteiger charge is -2.36. The second kappa shape index (κ2) is 4.54. The maximum absolute atomic E-state index is 12.9. The smallest absolute Gasteiger partial charge is 0.243 e. The van der Waals surface area contributed by atoms with Gasteiger partial charge in [0.15, 0.2) is 0 Å². The fraction of sp³-hybridized carbons (Fsp3) is 0.538. The van der Waals surface area contributed by atoms with Crippen LogP contribution in [0.5, 0.6) is 0 Å². The zero-order valence-electron chi connectivity index (χ0n) is 10.5. The van der Waals surface area contributed by atoms with Crippen molar-refractivity contribution < 1.29 is 12.8 Å². The molecule has 2 heterocycles. The molecule has 19 heavy (non-hydrogen) atoms. The zero-order chi connectivity index (χ0) is 13.6. The van der Waals surface area contributed by atoms with Crippen LogP contribution in [0.3, 0.4) is 0 Å². The SMILES string of the molecule is NC1CC2CCC(C1)N2S(=O)(=O)c1ccc(F)cc1. The molecule has 1 aromatic carbocycles. The van der Waals surface area contributed by atoms with Gasteiger partial charge in [-0.1, -0.05) is 0 Å². The number of nitrogens with zero attached hydrogens (tertiary/aromatic N) is 1. The summed E-state index contributed by atoms with van der Waals surface area (Å²) in [5, 5.41) is 0. The number of sulfonamides is 1. The minimum absolute atomic E-state index is 0.00352. The highest BCUT2D eigenvalue weighted by Gasteiger charge is 2.46. The van der Waals surface area contributed by atoms with Gasteiger partial charge in [0.1, 0.15) is 5.82 Å². The molecule has 6 heteroatoms. The van der Waals surface area contributed by atoms with E-state index < -0.39 is 15.8 Å². The predicted octanol–water partition coefficient (Wildman–Crippen LogP) is 1.47. The molecule has 0 spiro atoms. The van der Waals surface area contributed by atoms with E-state index in [9.17, 15) is 12.8 Å². The Hall–Kier alpha value is -0.980. The van der Waals surface area contributed by atoms with Gasteiger partial charge in [-0.2, -0.15) is 4.31 Å². The van der Waals surface area contributed by atoms with Crippen LogP contribution >= 0.6 is 0 Å². The standard InChI is InChI=1S/C13H17FN2O2S/c14-9-1-5-13(6-2-9)19(17,18)16-11-3-4-12(16)8-10(15)7-11/h1-2,5-6,10-12H,3-4,7-8,15H2. The van der Waals surface area contributed by atoms with Crippen molar-refractivity contribution in [1.29, 1.82) is 0 Å². The average molecular weight is 284 g/mol. The van der Waals surface area contributed by atoms with E-state index in [4.69, 9.17) is 5.73 Å². The highest BCUT2D eigenvalue weighted by atomic mass is 32.2. The lowest BCUT2D eigenvalue weighted by atomic mass is 10.0. The van der Waals surface area contributed by atoms with Gasteiger partial charge in [0.25, 0.3) is 0 Å². The molecule has 2 bridgehead atoms. The third kappa shape index (κ3) is 2.17. The Morgan fingerprint density at radius 1 is 1.11 bits per heavy atom. The quantitative estimate of drug-likeness (QED) is 0.894. The van der Waals surface area contributed by atoms with Crippen LogP contribution in [0.1, 0.15) is 25.7 Å². The van der Waals surface area contributed by atoms with Crippen LogP contribution in [-0.4, -0.2) is 30.8 Å². The van der Waals surface area contributed by atoms with Crippen molar-refractivity contribution in [3.05, 3.63) is 30.1 Å². The zero-order valence-corrected chi connectivity index (χ0v) is 11.3. The summed E-state index contributed by atoms with van der Waals surface area (Å²) >= 11 is 0. The number of benzene rings is 1. The van der Waals surface area contributed by atoms with Crippen molar-refractivity contribution in [2.75, 3.05) is 0 Å². The Morgan fingerprint density at radius 3 is 2.16 bits per heavy atom. The maximum atomic E-state index is 12.9. The van der Waals surface area contributed by atoms with Crippen molar-refractivity contribution in [3.8, 4) is 0 Å². The molecule has 3 rings (SSSR count). The molecule has 2 aliphatic rings. The number of nitrogens with two attached hydrogens (primary N) is 1. The van der Waals surface area contributed by atoms with E-state index in [-0.39, 0.29) is 23.0 Å². The van der Waals surface area contributed by atoms with Gasteiger partial charge in [-0.05, 0) is 49.9 Å². The molecule has 2 N–H and O–H groups in total. The van der Waals surface area contributed by atoms with E-state index in [1.807, 2.05) is 0 Å². The van der Waals surface area contributed by atoms with E-state index in [0.717, 1.165) is 25.7 Å². The normalized spacial score (nSPS) is 31.6. The van der Waals surface area contributed by atoms with Crippen molar-refractivity contribution in [3.63, 3.8) is 0 Å². The van der Waals surface area contributed by atoms with Gasteiger partial charge in [0.2, 0.25) is 10.0 Å². The Morgan fingerprint density at radius 2 is 1.63 bits per heavy atom. The predicted molar refractivity (Wildman–Crippen MR) is 69.4 cm³/mol. The summed E-state index contributed by atoms with van der Waals surface area (Å²) in [6, 6.07) is 5.14. The number of rotatable bonds is 2. The van der Waals surface area contributed by atoms with Crippen LogP contribution in [-0.2, 0) is 10.0 Å². The molecule has 0 aromatic heterocycles. The Kier molecular flexibility index (Phi) is 3.11. The van der Waals surface area contributed by atoms with Crippen LogP contribution in [0, 0.1) is 5.82 Å². The summed E-state index contributed by atoms with van der Waals surface area (Å²) in [6.07, 6.45) is 3.19. The van der Waals surface area contributed by atoms with E-state index in [1.54, 1.807) is 4.31 Å². The number of hydrogen-bond donors (Lipinski definition) is 1. The molecule has 2 saturated heterocycles. The molecule has 1 aromatic rings. The molecule has 0 saturated carbocycles. The first kappa shape index (κ1) is 13.0. The van der Waals surface area contributed by atoms with Crippen LogP contribution in [0.4, 0.5) is 4.39 Å². The molecule has 4 nitrogen and oxygen atoms in total. The van der Waals surface area contributed by atoms with E-state index in [0.29, 0.717) is 0 Å². The average Bonchev–Trinajstić information content (AvgIpc) is 2.64. The van der Waals surface area contributed by atoms with Gasteiger partial charge in [0, 0.05) is 18.1 Å². The molecule has 0 radical (unpaired) electrons. The Bertz CT molecular complexity index is 559. The van der Waals surface area contributed by atoms with Gasteiger partial charge in [-0.15, -0.1) is 0 Å². The molecule has 2 fully saturated rings. The summed E-state index contributed by atoms with van der Waals surface area (Å²) in [7, 11) is -3.53. The monoisotopic (exact) mass is 284 g/mol. The summed E-state index contributed by atoms with van der Waals surface area (Å²) in [5.41, 5.74) is 5.95. The third-order valence-corrected chi connectivity index (χ3v) is 6.11. The molecule has 0 aliphatic carbocycles. The van der Waals surface area contributed by atoms with Gasteiger partial charge in [-0.25, -0.2) is 12.8 Å². The van der Waals surface area contributed by atoms with Crippen LogP contribution in [0.2, 0.25) is 0 Å². The highest BCUT2D eigenvalue weighted by Crippen LogP contribution is 2.39. The van der Waals surface area contributed by atoms with Gasteiger partial charge < -0.3 is 5.73 Å². The summed E-state index contributed by atoms with van der Waals surface area (Å²) in [4.78, 5) is 0.168. The number of piperidine rings is 1. The number of hydrogen-bond acceptors (Lipinski definition) is 3. The van der Waals surface area contributed by atoms with Gasteiger partial charge in [0.05, 0.1) is 4.90 Å². The molecular weight excluding hydrogens is 267 g/mol. The first-order chi connectivity index (χ1) is 8.98. The largest absolute Gasteiger partial charge is 0.328 e. The Labute approximate surface area is 112 Å². The summed E-state index contributed by atoms with van der Waals surface area (Å²) in [5.74, 6) is -0.428. The molecular formula is C13H17FN2O2S. The van der Waals surface area contributed by atoms with Crippen molar-refractivity contribution >= 4 is 10.0 Å². The fourth-order valence-corrected chi connectivity index (χ4v) is 5.19. The summed E-state index contributed by atoms with van der Waals surface area (Å²) in [6.45, 7) is 0. The topological polar surface area (TPSA) is 63.4 Å². The first-order valence-corrected chi connectivity index (χ1v) is 7.97. The number of halogens is 1. The Balaban J connectivity index is 1.95. The van der Waals surface area contributed by atoms with Gasteiger partial charge in [-0.3, -0.25) is 0 Å². The maximum Gasteiger partial charge on any atom is 0.243 e.